The molecule has 0 N–H and O–H groups in total. The van der Waals surface area contributed by atoms with Crippen LogP contribution in [0.25, 0.3) is 17.3 Å². The van der Waals surface area contributed by atoms with Crippen molar-refractivity contribution in [1.29, 1.82) is 0 Å². The predicted molar refractivity (Wildman–Crippen MR) is 148 cm³/mol. The van der Waals surface area contributed by atoms with Crippen LogP contribution in [-0.4, -0.2) is 71.7 Å². The van der Waals surface area contributed by atoms with E-state index in [1.54, 1.807) is 26.5 Å². The van der Waals surface area contributed by atoms with Crippen molar-refractivity contribution in [3.8, 4) is 28.8 Å². The van der Waals surface area contributed by atoms with Crippen molar-refractivity contribution < 1.29 is 18.7 Å². The molecule has 0 spiro atoms. The van der Waals surface area contributed by atoms with Crippen LogP contribution in [0.15, 0.2) is 64.4 Å². The lowest BCUT2D eigenvalue weighted by Crippen LogP contribution is -2.49. The van der Waals surface area contributed by atoms with Crippen LogP contribution in [0.3, 0.4) is 0 Å². The third kappa shape index (κ3) is 5.32. The van der Waals surface area contributed by atoms with Crippen LogP contribution in [0, 0.1) is 6.92 Å². The van der Waals surface area contributed by atoms with Crippen LogP contribution in [0.2, 0.25) is 5.02 Å². The van der Waals surface area contributed by atoms with Crippen LogP contribution in [0.5, 0.6) is 11.5 Å². The summed E-state index contributed by atoms with van der Waals surface area (Å²) in [4.78, 5) is 17.4. The molecule has 1 fully saturated rings. The molecular weight excluding hydrogens is 526 g/mol. The highest BCUT2D eigenvalue weighted by molar-refractivity contribution is 7.99. The Labute approximate surface area is 230 Å². The van der Waals surface area contributed by atoms with Gasteiger partial charge in [0.1, 0.15) is 11.5 Å². The molecule has 3 heterocycles. The van der Waals surface area contributed by atoms with Crippen LogP contribution in [0.1, 0.15) is 5.56 Å². The van der Waals surface area contributed by atoms with Gasteiger partial charge in [-0.3, -0.25) is 9.36 Å². The van der Waals surface area contributed by atoms with Gasteiger partial charge >= 0.3 is 0 Å². The Morgan fingerprint density at radius 3 is 2.55 bits per heavy atom. The lowest BCUT2D eigenvalue weighted by atomic mass is 10.1. The molecule has 0 aliphatic carbocycles. The van der Waals surface area contributed by atoms with Crippen LogP contribution in [-0.2, 0) is 4.79 Å². The monoisotopic (exact) mass is 553 g/mol. The predicted octanol–water partition coefficient (Wildman–Crippen LogP) is 4.95. The SMILES string of the molecule is COc1ccc(OC)c(-n2c(SCC(=O)N3CCN(c4cc(Cl)ccc4C)CC3)nnc2-c2ccco2)c1. The minimum atomic E-state index is 0.0455. The van der Waals surface area contributed by atoms with E-state index in [2.05, 4.69) is 22.0 Å². The number of anilines is 1. The number of rotatable bonds is 8. The summed E-state index contributed by atoms with van der Waals surface area (Å²) in [6, 6.07) is 15.0. The second-order valence-corrected chi connectivity index (χ2v) is 10.1. The minimum absolute atomic E-state index is 0.0455. The van der Waals surface area contributed by atoms with Gasteiger partial charge in [0, 0.05) is 43.0 Å². The fourth-order valence-electron chi connectivity index (χ4n) is 4.46. The van der Waals surface area contributed by atoms with E-state index in [4.69, 9.17) is 25.5 Å². The van der Waals surface area contributed by atoms with Crippen LogP contribution < -0.4 is 14.4 Å². The zero-order valence-corrected chi connectivity index (χ0v) is 23.0. The van der Waals surface area contributed by atoms with Crippen molar-refractivity contribution >= 4 is 35.0 Å². The van der Waals surface area contributed by atoms with Gasteiger partial charge in [0.05, 0.1) is 31.9 Å². The Kier molecular flexibility index (Phi) is 7.80. The highest BCUT2D eigenvalue weighted by atomic mass is 35.5. The second-order valence-electron chi connectivity index (χ2n) is 8.74. The molecule has 1 amide bonds. The summed E-state index contributed by atoms with van der Waals surface area (Å²) in [5, 5.41) is 10.0. The van der Waals surface area contributed by atoms with Crippen molar-refractivity contribution in [2.24, 2.45) is 0 Å². The zero-order chi connectivity index (χ0) is 26.6. The molecule has 198 valence electrons. The highest BCUT2D eigenvalue weighted by Gasteiger charge is 2.25. The van der Waals surface area contributed by atoms with Gasteiger partial charge in [0.25, 0.3) is 0 Å². The van der Waals surface area contributed by atoms with Gasteiger partial charge in [-0.15, -0.1) is 10.2 Å². The lowest BCUT2D eigenvalue weighted by molar-refractivity contribution is -0.128. The van der Waals surface area contributed by atoms with Crippen molar-refractivity contribution in [2.45, 2.75) is 12.1 Å². The molecule has 0 radical (unpaired) electrons. The third-order valence-electron chi connectivity index (χ3n) is 6.47. The Morgan fingerprint density at radius 1 is 1.03 bits per heavy atom. The topological polar surface area (TPSA) is 85.9 Å². The first-order valence-electron chi connectivity index (χ1n) is 12.1. The average molecular weight is 554 g/mol. The number of carbonyl (C=O) groups excluding carboxylic acids is 1. The van der Waals surface area contributed by atoms with Gasteiger partial charge in [-0.1, -0.05) is 29.4 Å². The summed E-state index contributed by atoms with van der Waals surface area (Å²) in [5.41, 5.74) is 2.97. The average Bonchev–Trinajstić information content (AvgIpc) is 3.63. The van der Waals surface area contributed by atoms with Gasteiger partial charge in [-0.2, -0.15) is 0 Å². The van der Waals surface area contributed by atoms with Gasteiger partial charge in [0.2, 0.25) is 11.7 Å². The summed E-state index contributed by atoms with van der Waals surface area (Å²) >= 11 is 7.54. The number of nitrogens with zero attached hydrogens (tertiary/aromatic N) is 5. The number of ether oxygens (including phenoxy) is 2. The summed E-state index contributed by atoms with van der Waals surface area (Å²) in [5.74, 6) is 2.58. The van der Waals surface area contributed by atoms with Crippen molar-refractivity contribution in [3.05, 3.63) is 65.4 Å². The number of halogens is 1. The number of amides is 1. The van der Waals surface area contributed by atoms with E-state index < -0.39 is 0 Å². The maximum atomic E-state index is 13.2. The van der Waals surface area contributed by atoms with Crippen molar-refractivity contribution in [2.75, 3.05) is 51.1 Å². The summed E-state index contributed by atoms with van der Waals surface area (Å²) in [6.07, 6.45) is 1.58. The summed E-state index contributed by atoms with van der Waals surface area (Å²) in [6.45, 7) is 4.85. The maximum Gasteiger partial charge on any atom is 0.233 e. The van der Waals surface area contributed by atoms with E-state index in [0.29, 0.717) is 52.0 Å². The number of thioether (sulfide) groups is 1. The van der Waals surface area contributed by atoms with E-state index in [1.807, 2.05) is 51.9 Å². The number of furan rings is 1. The minimum Gasteiger partial charge on any atom is -0.497 e. The van der Waals surface area contributed by atoms with Gasteiger partial charge in [0.15, 0.2) is 10.9 Å². The molecule has 4 aromatic rings. The molecule has 2 aromatic carbocycles. The van der Waals surface area contributed by atoms with Crippen molar-refractivity contribution in [1.82, 2.24) is 19.7 Å². The third-order valence-corrected chi connectivity index (χ3v) is 7.62. The highest BCUT2D eigenvalue weighted by Crippen LogP contribution is 2.35. The lowest BCUT2D eigenvalue weighted by Gasteiger charge is -2.36. The summed E-state index contributed by atoms with van der Waals surface area (Å²) < 4.78 is 18.5. The Balaban J connectivity index is 1.33. The molecule has 1 saturated heterocycles. The number of piperazine rings is 1. The molecule has 0 saturated carbocycles. The maximum absolute atomic E-state index is 13.2. The van der Waals surface area contributed by atoms with Crippen LogP contribution in [0.4, 0.5) is 5.69 Å². The molecular formula is C27H28ClN5O4S. The van der Waals surface area contributed by atoms with E-state index in [9.17, 15) is 4.79 Å². The van der Waals surface area contributed by atoms with E-state index in [-0.39, 0.29) is 11.7 Å². The number of aryl methyl sites for hydroxylation is 1. The Hall–Kier alpha value is -3.63. The summed E-state index contributed by atoms with van der Waals surface area (Å²) in [7, 11) is 3.20. The van der Waals surface area contributed by atoms with E-state index >= 15 is 0 Å². The number of aromatic nitrogens is 3. The van der Waals surface area contributed by atoms with E-state index in [0.717, 1.165) is 18.8 Å². The number of benzene rings is 2. The zero-order valence-electron chi connectivity index (χ0n) is 21.4. The molecule has 0 atom stereocenters. The number of methoxy groups -OCH3 is 2. The second kappa shape index (κ2) is 11.4. The molecule has 0 unspecified atom stereocenters. The molecule has 38 heavy (non-hydrogen) atoms. The Morgan fingerprint density at radius 2 is 1.84 bits per heavy atom. The molecule has 9 nitrogen and oxygen atoms in total. The first kappa shape index (κ1) is 26.0. The first-order chi connectivity index (χ1) is 18.5. The Bertz CT molecular complexity index is 1420. The quantitative estimate of drug-likeness (QED) is 0.283. The first-order valence-corrected chi connectivity index (χ1v) is 13.5. The van der Waals surface area contributed by atoms with Gasteiger partial charge < -0.3 is 23.7 Å². The molecule has 11 heteroatoms. The number of hydrogen-bond donors (Lipinski definition) is 0. The van der Waals surface area contributed by atoms with Gasteiger partial charge in [-0.05, 0) is 48.9 Å². The largest absolute Gasteiger partial charge is 0.497 e. The standard InChI is InChI=1S/C27H28ClN5O4S/c1-18-6-7-19(28)15-21(18)31-10-12-32(13-11-31)25(34)17-38-27-30-29-26(24-5-4-14-37-24)33(27)22-16-20(35-2)8-9-23(22)36-3/h4-9,14-16H,10-13,17H2,1-3H3. The van der Waals surface area contributed by atoms with Crippen molar-refractivity contribution in [3.63, 3.8) is 0 Å². The molecule has 1 aliphatic heterocycles. The number of hydrogen-bond acceptors (Lipinski definition) is 8. The fraction of sp³-hybridized carbons (Fsp3) is 0.296. The van der Waals surface area contributed by atoms with E-state index in [1.165, 1.54) is 17.3 Å². The van der Waals surface area contributed by atoms with Crippen LogP contribution >= 0.6 is 23.4 Å². The fourth-order valence-corrected chi connectivity index (χ4v) is 5.47. The van der Waals surface area contributed by atoms with Gasteiger partial charge in [-0.25, -0.2) is 0 Å². The molecule has 0 bridgehead atoms. The molecule has 5 rings (SSSR count). The molecule has 2 aromatic heterocycles. The molecule has 1 aliphatic rings. The number of carbonyl (C=O) groups is 1. The normalized spacial score (nSPS) is 13.6. The smallest absolute Gasteiger partial charge is 0.233 e.